The summed E-state index contributed by atoms with van der Waals surface area (Å²) in [6.45, 7) is 7.58. The van der Waals surface area contributed by atoms with Gasteiger partial charge >= 0.3 is 12.0 Å². The highest BCUT2D eigenvalue weighted by Crippen LogP contribution is 2.45. The second kappa shape index (κ2) is 13.8. The van der Waals surface area contributed by atoms with Crippen LogP contribution in [0.5, 0.6) is 11.5 Å². The molecule has 3 heterocycles. The minimum atomic E-state index is -1.37. The fourth-order valence-corrected chi connectivity index (χ4v) is 5.90. The van der Waals surface area contributed by atoms with Gasteiger partial charge in [0.25, 0.3) is 0 Å². The number of carbonyl (C=O) groups excluding carboxylic acids is 2. The number of aromatic nitrogens is 3. The number of aryl methyl sites for hydroxylation is 1. The second-order valence-electron chi connectivity index (χ2n) is 12.7. The van der Waals surface area contributed by atoms with Gasteiger partial charge in [-0.3, -0.25) is 9.48 Å². The largest absolute Gasteiger partial charge is 0.496 e. The SMILES string of the molecule is COc1ccc2c(OCC[C@@H]3NC(=O)N(C)CCCC/C=C\[C@@H]4C[C@@]4(C(=O)O)NC3=O)cc(-c3cnn(CC(C)C)c3)nc2c1C. The smallest absolute Gasteiger partial charge is 0.330 e. The van der Waals surface area contributed by atoms with Crippen LogP contribution in [-0.4, -0.2) is 81.6 Å². The molecule has 3 atom stereocenters. The van der Waals surface area contributed by atoms with Crippen molar-refractivity contribution in [3.05, 3.63) is 48.3 Å². The number of nitrogens with zero attached hydrogens (tertiary/aromatic N) is 4. The van der Waals surface area contributed by atoms with Crippen LogP contribution in [0.15, 0.2) is 42.7 Å². The molecule has 46 heavy (non-hydrogen) atoms. The van der Waals surface area contributed by atoms with E-state index in [4.69, 9.17) is 14.5 Å². The van der Waals surface area contributed by atoms with Gasteiger partial charge < -0.3 is 30.1 Å². The molecule has 3 N–H and O–H groups in total. The van der Waals surface area contributed by atoms with E-state index in [2.05, 4.69) is 29.6 Å². The predicted molar refractivity (Wildman–Crippen MR) is 174 cm³/mol. The van der Waals surface area contributed by atoms with E-state index in [0.717, 1.165) is 42.3 Å². The molecule has 246 valence electrons. The topological polar surface area (TPSA) is 148 Å². The molecule has 12 nitrogen and oxygen atoms in total. The van der Waals surface area contributed by atoms with Crippen molar-refractivity contribution >= 4 is 28.8 Å². The Bertz CT molecular complexity index is 1630. The quantitative estimate of drug-likeness (QED) is 0.291. The number of ether oxygens (including phenoxy) is 2. The van der Waals surface area contributed by atoms with Crippen molar-refractivity contribution < 1.29 is 29.0 Å². The molecule has 0 radical (unpaired) electrons. The number of benzene rings is 1. The molecule has 5 rings (SSSR count). The van der Waals surface area contributed by atoms with Gasteiger partial charge in [0.1, 0.15) is 23.1 Å². The first-order valence-electron chi connectivity index (χ1n) is 15.9. The summed E-state index contributed by atoms with van der Waals surface area (Å²) >= 11 is 0. The summed E-state index contributed by atoms with van der Waals surface area (Å²) in [5.41, 5.74) is 1.71. The first kappa shape index (κ1) is 32.8. The van der Waals surface area contributed by atoms with Crippen LogP contribution in [0.2, 0.25) is 0 Å². The number of rotatable bonds is 9. The third kappa shape index (κ3) is 7.11. The molecular formula is C34H44N6O6. The lowest BCUT2D eigenvalue weighted by atomic mass is 10.1. The van der Waals surface area contributed by atoms with E-state index >= 15 is 0 Å². The molecule has 3 aromatic rings. The molecule has 3 amide bonds. The Morgan fingerprint density at radius 1 is 1.22 bits per heavy atom. The molecule has 0 unspecified atom stereocenters. The van der Waals surface area contributed by atoms with Crippen LogP contribution in [0.25, 0.3) is 22.2 Å². The number of urea groups is 1. The molecule has 2 aliphatic rings. The van der Waals surface area contributed by atoms with Crippen LogP contribution in [0.3, 0.4) is 0 Å². The highest BCUT2D eigenvalue weighted by molar-refractivity contribution is 5.94. The maximum Gasteiger partial charge on any atom is 0.330 e. The lowest BCUT2D eigenvalue weighted by Crippen LogP contribution is -2.55. The minimum absolute atomic E-state index is 0.0712. The van der Waals surface area contributed by atoms with Crippen molar-refractivity contribution in [2.45, 2.75) is 71.0 Å². The Morgan fingerprint density at radius 3 is 2.76 bits per heavy atom. The lowest BCUT2D eigenvalue weighted by molar-refractivity contribution is -0.143. The number of pyridine rings is 1. The molecule has 0 saturated heterocycles. The Hall–Kier alpha value is -4.61. The van der Waals surface area contributed by atoms with Crippen molar-refractivity contribution in [2.24, 2.45) is 11.8 Å². The second-order valence-corrected chi connectivity index (χ2v) is 12.7. The number of carboxylic acid groups (broad SMARTS) is 1. The molecule has 1 fully saturated rings. The number of hydrogen-bond donors (Lipinski definition) is 3. The summed E-state index contributed by atoms with van der Waals surface area (Å²) < 4.78 is 13.8. The fraction of sp³-hybridized carbons (Fsp3) is 0.500. The monoisotopic (exact) mass is 632 g/mol. The number of aliphatic carboxylic acids is 1. The first-order chi connectivity index (χ1) is 22.0. The van der Waals surface area contributed by atoms with Gasteiger partial charge in [0, 0.05) is 61.3 Å². The summed E-state index contributed by atoms with van der Waals surface area (Å²) in [6.07, 6.45) is 10.5. The third-order valence-corrected chi connectivity index (χ3v) is 8.70. The fourth-order valence-electron chi connectivity index (χ4n) is 5.90. The van der Waals surface area contributed by atoms with Crippen molar-refractivity contribution in [3.8, 4) is 22.8 Å². The van der Waals surface area contributed by atoms with E-state index in [1.165, 1.54) is 0 Å². The van der Waals surface area contributed by atoms with E-state index in [1.54, 1.807) is 25.3 Å². The molecule has 1 aliphatic carbocycles. The van der Waals surface area contributed by atoms with Crippen LogP contribution in [0.1, 0.15) is 51.5 Å². The van der Waals surface area contributed by atoms with Crippen molar-refractivity contribution in [3.63, 3.8) is 0 Å². The van der Waals surface area contributed by atoms with Crippen LogP contribution >= 0.6 is 0 Å². The van der Waals surface area contributed by atoms with Crippen LogP contribution < -0.4 is 20.1 Å². The van der Waals surface area contributed by atoms with Gasteiger partial charge in [0.15, 0.2) is 0 Å². The number of carbonyl (C=O) groups is 3. The molecule has 0 bridgehead atoms. The highest BCUT2D eigenvalue weighted by Gasteiger charge is 2.60. The van der Waals surface area contributed by atoms with Crippen LogP contribution in [0, 0.1) is 18.8 Å². The zero-order valence-corrected chi connectivity index (χ0v) is 27.2. The molecule has 1 aliphatic heterocycles. The molecular weight excluding hydrogens is 588 g/mol. The zero-order valence-electron chi connectivity index (χ0n) is 27.2. The maximum absolute atomic E-state index is 13.6. The summed E-state index contributed by atoms with van der Waals surface area (Å²) in [7, 11) is 3.30. The Balaban J connectivity index is 1.41. The van der Waals surface area contributed by atoms with Gasteiger partial charge in [-0.05, 0) is 50.7 Å². The third-order valence-electron chi connectivity index (χ3n) is 8.70. The van der Waals surface area contributed by atoms with E-state index < -0.39 is 29.5 Å². The Kier molecular flexibility index (Phi) is 9.83. The minimum Gasteiger partial charge on any atom is -0.496 e. The highest BCUT2D eigenvalue weighted by atomic mass is 16.5. The molecule has 1 aromatic carbocycles. The first-order valence-corrected chi connectivity index (χ1v) is 15.9. The van der Waals surface area contributed by atoms with Gasteiger partial charge in [0.2, 0.25) is 5.91 Å². The Labute approximate surface area is 269 Å². The molecule has 0 spiro atoms. The summed E-state index contributed by atoms with van der Waals surface area (Å²) in [5, 5.41) is 20.8. The number of allylic oxidation sites excluding steroid dienone is 1. The van der Waals surface area contributed by atoms with Gasteiger partial charge in [-0.1, -0.05) is 26.0 Å². The maximum atomic E-state index is 13.6. The van der Waals surface area contributed by atoms with Crippen molar-refractivity contribution in [2.75, 3.05) is 27.3 Å². The summed E-state index contributed by atoms with van der Waals surface area (Å²) in [5.74, 6) is -0.251. The number of carboxylic acids is 1. The predicted octanol–water partition coefficient (Wildman–Crippen LogP) is 4.55. The summed E-state index contributed by atoms with van der Waals surface area (Å²) in [6, 6.07) is 4.19. The Morgan fingerprint density at radius 2 is 2.02 bits per heavy atom. The van der Waals surface area contributed by atoms with Gasteiger partial charge in [-0.2, -0.15) is 5.10 Å². The standard InChI is InChI=1S/C34H44N6O6/c1-21(2)19-40-20-23(18-35-40)27-16-29(25-11-12-28(45-5)22(3)30(25)36-27)46-15-13-26-31(41)38-34(32(42)43)17-24(34)10-8-6-7-9-14-39(4)33(44)37-26/h8,10-12,16,18,20-21,24,26H,6-7,9,13-15,17,19H2,1-5H3,(H,37,44)(H,38,41)(H,42,43)/b10-8-/t24-,26+,34-/m1/s1. The van der Waals surface area contributed by atoms with E-state index in [9.17, 15) is 19.5 Å². The van der Waals surface area contributed by atoms with Crippen molar-refractivity contribution in [1.82, 2.24) is 30.3 Å². The zero-order chi connectivity index (χ0) is 33.0. The normalized spacial score (nSPS) is 22.9. The number of hydrogen-bond acceptors (Lipinski definition) is 7. The van der Waals surface area contributed by atoms with E-state index in [1.807, 2.05) is 48.2 Å². The number of nitrogens with one attached hydrogen (secondary N) is 2. The lowest BCUT2D eigenvalue weighted by Gasteiger charge is -2.25. The van der Waals surface area contributed by atoms with Crippen LogP contribution in [0.4, 0.5) is 4.79 Å². The van der Waals surface area contributed by atoms with Gasteiger partial charge in [-0.15, -0.1) is 0 Å². The number of fused-ring (bicyclic) bond motifs is 2. The van der Waals surface area contributed by atoms with E-state index in [-0.39, 0.29) is 18.9 Å². The summed E-state index contributed by atoms with van der Waals surface area (Å²) in [4.78, 5) is 45.3. The van der Waals surface area contributed by atoms with Crippen LogP contribution in [-0.2, 0) is 16.1 Å². The molecule has 2 aromatic heterocycles. The van der Waals surface area contributed by atoms with Gasteiger partial charge in [0.05, 0.1) is 31.1 Å². The molecule has 1 saturated carbocycles. The van der Waals surface area contributed by atoms with Gasteiger partial charge in [-0.25, -0.2) is 14.6 Å². The van der Waals surface area contributed by atoms with E-state index in [0.29, 0.717) is 41.6 Å². The number of methoxy groups -OCH3 is 1. The van der Waals surface area contributed by atoms with Crippen molar-refractivity contribution in [1.29, 1.82) is 0 Å². The average molecular weight is 633 g/mol. The molecule has 12 heteroatoms. The number of amides is 3. The average Bonchev–Trinajstić information content (AvgIpc) is 3.52.